The lowest BCUT2D eigenvalue weighted by Crippen LogP contribution is -2.16. The largest absolute Gasteiger partial charge is 0.477 e. The van der Waals surface area contributed by atoms with Crippen LogP contribution in [0.4, 0.5) is 4.39 Å². The summed E-state index contributed by atoms with van der Waals surface area (Å²) in [5.74, 6) is -1.72. The first-order chi connectivity index (χ1) is 8.47. The van der Waals surface area contributed by atoms with Gasteiger partial charge in [-0.2, -0.15) is 4.98 Å². The number of hydrogen-bond donors (Lipinski definition) is 2. The van der Waals surface area contributed by atoms with Crippen molar-refractivity contribution in [2.75, 3.05) is 0 Å². The van der Waals surface area contributed by atoms with E-state index in [0.717, 1.165) is 0 Å². The Morgan fingerprint density at radius 1 is 1.39 bits per heavy atom. The highest BCUT2D eigenvalue weighted by Gasteiger charge is 2.11. The van der Waals surface area contributed by atoms with Crippen LogP contribution in [0.2, 0.25) is 0 Å². The van der Waals surface area contributed by atoms with E-state index < -0.39 is 17.5 Å². The number of carboxylic acid groups (broad SMARTS) is 1. The van der Waals surface area contributed by atoms with Crippen molar-refractivity contribution in [1.29, 1.82) is 0 Å². The summed E-state index contributed by atoms with van der Waals surface area (Å²) in [5.41, 5.74) is -0.463. The van der Waals surface area contributed by atoms with E-state index in [2.05, 4.69) is 25.9 Å². The van der Waals surface area contributed by atoms with Crippen LogP contribution in [0.15, 0.2) is 33.5 Å². The Morgan fingerprint density at radius 3 is 2.72 bits per heavy atom. The van der Waals surface area contributed by atoms with Crippen molar-refractivity contribution in [2.45, 2.75) is 0 Å². The zero-order valence-corrected chi connectivity index (χ0v) is 10.4. The van der Waals surface area contributed by atoms with E-state index >= 15 is 0 Å². The molecule has 0 unspecified atom stereocenters. The van der Waals surface area contributed by atoms with Crippen LogP contribution < -0.4 is 5.69 Å². The van der Waals surface area contributed by atoms with Crippen LogP contribution in [0.1, 0.15) is 10.5 Å². The lowest BCUT2D eigenvalue weighted by Gasteiger charge is -2.04. The third-order valence-electron chi connectivity index (χ3n) is 2.18. The molecular weight excluding hydrogens is 307 g/mol. The van der Waals surface area contributed by atoms with Crippen LogP contribution in [0.25, 0.3) is 11.3 Å². The third kappa shape index (κ3) is 2.45. The van der Waals surface area contributed by atoms with E-state index in [0.29, 0.717) is 10.0 Å². The molecule has 0 amide bonds. The molecular formula is C11H6BrFN2O3. The predicted molar refractivity (Wildman–Crippen MR) is 64.9 cm³/mol. The number of aromatic nitrogens is 2. The molecule has 2 aromatic rings. The number of rotatable bonds is 2. The zero-order chi connectivity index (χ0) is 13.3. The number of halogens is 2. The minimum absolute atomic E-state index is 0.156. The van der Waals surface area contributed by atoms with Crippen molar-refractivity contribution in [2.24, 2.45) is 0 Å². The maximum absolute atomic E-state index is 12.9. The highest BCUT2D eigenvalue weighted by Crippen LogP contribution is 2.26. The molecule has 0 aliphatic rings. The standard InChI is InChI=1S/C11H6BrFN2O3/c12-7-3-5(13)1-2-6(7)8-4-9(10(16)17)15-11(18)14-8/h1-4H,(H,16,17)(H,14,15,18). The van der Waals surface area contributed by atoms with Crippen LogP contribution in [-0.2, 0) is 0 Å². The van der Waals surface area contributed by atoms with Gasteiger partial charge in [0.25, 0.3) is 0 Å². The normalized spacial score (nSPS) is 10.3. The minimum Gasteiger partial charge on any atom is -0.477 e. The summed E-state index contributed by atoms with van der Waals surface area (Å²) in [5, 5.41) is 8.82. The first kappa shape index (κ1) is 12.4. The fourth-order valence-corrected chi connectivity index (χ4v) is 1.96. The van der Waals surface area contributed by atoms with E-state index in [1.54, 1.807) is 0 Å². The zero-order valence-electron chi connectivity index (χ0n) is 8.78. The molecule has 0 aliphatic carbocycles. The molecule has 0 spiro atoms. The van der Waals surface area contributed by atoms with E-state index in [1.165, 1.54) is 24.3 Å². The second kappa shape index (κ2) is 4.69. The van der Waals surface area contributed by atoms with Gasteiger partial charge in [-0.25, -0.2) is 14.0 Å². The molecule has 0 fully saturated rings. The van der Waals surface area contributed by atoms with Crippen LogP contribution in [0.5, 0.6) is 0 Å². The highest BCUT2D eigenvalue weighted by molar-refractivity contribution is 9.10. The number of hydrogen-bond acceptors (Lipinski definition) is 3. The van der Waals surface area contributed by atoms with Gasteiger partial charge in [0.05, 0.1) is 5.69 Å². The summed E-state index contributed by atoms with van der Waals surface area (Å²) in [7, 11) is 0. The fourth-order valence-electron chi connectivity index (χ4n) is 1.41. The molecule has 5 nitrogen and oxygen atoms in total. The smallest absolute Gasteiger partial charge is 0.352 e. The second-order valence-corrected chi connectivity index (χ2v) is 4.27. The fraction of sp³-hybridized carbons (Fsp3) is 0. The Bertz CT molecular complexity index is 684. The Kier molecular flexibility index (Phi) is 3.24. The number of benzene rings is 1. The van der Waals surface area contributed by atoms with E-state index in [4.69, 9.17) is 5.11 Å². The Hall–Kier alpha value is -2.02. The van der Waals surface area contributed by atoms with Gasteiger partial charge in [-0.05, 0) is 40.2 Å². The van der Waals surface area contributed by atoms with Gasteiger partial charge in [-0.15, -0.1) is 0 Å². The molecule has 0 bridgehead atoms. The molecule has 2 N–H and O–H groups in total. The lowest BCUT2D eigenvalue weighted by molar-refractivity contribution is 0.0690. The van der Waals surface area contributed by atoms with Crippen molar-refractivity contribution in [3.8, 4) is 11.3 Å². The van der Waals surface area contributed by atoms with Crippen molar-refractivity contribution in [3.05, 3.63) is 50.7 Å². The van der Waals surface area contributed by atoms with Crippen LogP contribution >= 0.6 is 15.9 Å². The maximum atomic E-state index is 12.9. The first-order valence-electron chi connectivity index (χ1n) is 4.77. The summed E-state index contributed by atoms with van der Waals surface area (Å²) in [4.78, 5) is 27.8. The van der Waals surface area contributed by atoms with Crippen molar-refractivity contribution in [1.82, 2.24) is 9.97 Å². The topological polar surface area (TPSA) is 83.0 Å². The summed E-state index contributed by atoms with van der Waals surface area (Å²) >= 11 is 3.13. The number of nitrogens with one attached hydrogen (secondary N) is 1. The quantitative estimate of drug-likeness (QED) is 0.889. The van der Waals surface area contributed by atoms with Gasteiger partial charge >= 0.3 is 11.7 Å². The van der Waals surface area contributed by atoms with E-state index in [1.807, 2.05) is 0 Å². The maximum Gasteiger partial charge on any atom is 0.352 e. The molecule has 0 saturated heterocycles. The van der Waals surface area contributed by atoms with Gasteiger partial charge in [0.2, 0.25) is 0 Å². The number of aromatic carboxylic acids is 1. The average molecular weight is 313 g/mol. The lowest BCUT2D eigenvalue weighted by atomic mass is 10.1. The molecule has 92 valence electrons. The number of carbonyl (C=O) groups is 1. The summed E-state index contributed by atoms with van der Waals surface area (Å²) in [6, 6.07) is 5.02. The van der Waals surface area contributed by atoms with Gasteiger partial charge in [-0.1, -0.05) is 0 Å². The van der Waals surface area contributed by atoms with Crippen LogP contribution in [-0.4, -0.2) is 21.0 Å². The molecule has 1 aromatic carbocycles. The molecule has 0 atom stereocenters. The number of H-pyrrole nitrogens is 1. The Morgan fingerprint density at radius 2 is 2.11 bits per heavy atom. The number of nitrogens with zero attached hydrogens (tertiary/aromatic N) is 1. The molecule has 0 aliphatic heterocycles. The van der Waals surface area contributed by atoms with Gasteiger partial charge in [0.15, 0.2) is 0 Å². The Labute approximate surface area is 108 Å². The van der Waals surface area contributed by atoms with Crippen molar-refractivity contribution >= 4 is 21.9 Å². The Balaban J connectivity index is 2.64. The van der Waals surface area contributed by atoms with E-state index in [9.17, 15) is 14.0 Å². The summed E-state index contributed by atoms with van der Waals surface area (Å²) in [6.07, 6.45) is 0. The van der Waals surface area contributed by atoms with E-state index in [-0.39, 0.29) is 11.4 Å². The minimum atomic E-state index is -1.27. The second-order valence-electron chi connectivity index (χ2n) is 3.41. The van der Waals surface area contributed by atoms with Gasteiger partial charge in [0.1, 0.15) is 11.5 Å². The number of carboxylic acids is 1. The summed E-state index contributed by atoms with van der Waals surface area (Å²) < 4.78 is 13.3. The highest BCUT2D eigenvalue weighted by atomic mass is 79.9. The average Bonchev–Trinajstić information content (AvgIpc) is 2.27. The van der Waals surface area contributed by atoms with Gasteiger partial charge < -0.3 is 5.11 Å². The summed E-state index contributed by atoms with van der Waals surface area (Å²) in [6.45, 7) is 0. The van der Waals surface area contributed by atoms with Crippen molar-refractivity contribution < 1.29 is 14.3 Å². The molecule has 1 heterocycles. The third-order valence-corrected chi connectivity index (χ3v) is 2.84. The molecule has 18 heavy (non-hydrogen) atoms. The predicted octanol–water partition coefficient (Wildman–Crippen LogP) is 2.04. The molecule has 7 heteroatoms. The molecule has 0 saturated carbocycles. The van der Waals surface area contributed by atoms with Gasteiger partial charge in [0, 0.05) is 10.0 Å². The molecule has 0 radical (unpaired) electrons. The van der Waals surface area contributed by atoms with Crippen LogP contribution in [0, 0.1) is 5.82 Å². The van der Waals surface area contributed by atoms with Gasteiger partial charge in [-0.3, -0.25) is 4.98 Å². The SMILES string of the molecule is O=C(O)c1cc(-c2ccc(F)cc2Br)nc(=O)[nH]1. The molecule has 1 aromatic heterocycles. The van der Waals surface area contributed by atoms with Crippen LogP contribution in [0.3, 0.4) is 0 Å². The monoisotopic (exact) mass is 312 g/mol. The number of aromatic amines is 1. The molecule has 2 rings (SSSR count). The van der Waals surface area contributed by atoms with Crippen molar-refractivity contribution in [3.63, 3.8) is 0 Å². The first-order valence-corrected chi connectivity index (χ1v) is 5.57.